The zero-order chi connectivity index (χ0) is 13.9. The summed E-state index contributed by atoms with van der Waals surface area (Å²) in [6.45, 7) is 1.01. The van der Waals surface area contributed by atoms with Crippen molar-refractivity contribution in [3.63, 3.8) is 0 Å². The number of H-pyrrole nitrogens is 1. The summed E-state index contributed by atoms with van der Waals surface area (Å²) in [6.07, 6.45) is 3.86. The van der Waals surface area contributed by atoms with Gasteiger partial charge in [-0.2, -0.15) is 0 Å². The van der Waals surface area contributed by atoms with Crippen molar-refractivity contribution in [2.45, 2.75) is 30.3 Å². The number of aromatic amines is 1. The Morgan fingerprint density at radius 2 is 2.37 bits per heavy atom. The molecule has 106 valence electrons. The fourth-order valence-corrected chi connectivity index (χ4v) is 3.00. The number of hydrogen-bond donors (Lipinski definition) is 3. The van der Waals surface area contributed by atoms with Crippen molar-refractivity contribution < 1.29 is 23.1 Å². The summed E-state index contributed by atoms with van der Waals surface area (Å²) in [4.78, 5) is 13.0. The smallest absolute Gasteiger partial charge is 0.352 e. The zero-order valence-corrected chi connectivity index (χ0v) is 11.1. The van der Waals surface area contributed by atoms with Gasteiger partial charge in [0.1, 0.15) is 10.6 Å². The largest absolute Gasteiger partial charge is 0.477 e. The molecule has 0 amide bonds. The summed E-state index contributed by atoms with van der Waals surface area (Å²) in [7, 11) is -3.66. The Balaban J connectivity index is 1.91. The fourth-order valence-electron chi connectivity index (χ4n) is 1.96. The molecule has 1 aromatic heterocycles. The van der Waals surface area contributed by atoms with Crippen molar-refractivity contribution in [2.75, 3.05) is 13.2 Å². The van der Waals surface area contributed by atoms with Crippen LogP contribution in [0.15, 0.2) is 17.2 Å². The number of hydrogen-bond acceptors (Lipinski definition) is 4. The molecule has 8 heteroatoms. The Kier molecular flexibility index (Phi) is 4.23. The van der Waals surface area contributed by atoms with Crippen LogP contribution in [0.2, 0.25) is 0 Å². The first-order valence-electron chi connectivity index (χ1n) is 6.02. The van der Waals surface area contributed by atoms with E-state index in [0.717, 1.165) is 31.7 Å². The molecule has 0 aromatic carbocycles. The minimum Gasteiger partial charge on any atom is -0.477 e. The van der Waals surface area contributed by atoms with Gasteiger partial charge in [0.05, 0.1) is 6.10 Å². The molecule has 2 rings (SSSR count). The minimum atomic E-state index is -3.66. The van der Waals surface area contributed by atoms with Gasteiger partial charge in [-0.05, 0) is 25.3 Å². The van der Waals surface area contributed by atoms with Gasteiger partial charge >= 0.3 is 5.97 Å². The molecule has 1 atom stereocenters. The van der Waals surface area contributed by atoms with Gasteiger partial charge in [0.2, 0.25) is 10.0 Å². The summed E-state index contributed by atoms with van der Waals surface area (Å²) < 4.78 is 31.6. The number of ether oxygens (including phenoxy) is 1. The van der Waals surface area contributed by atoms with E-state index in [1.54, 1.807) is 0 Å². The van der Waals surface area contributed by atoms with Crippen LogP contribution in [-0.4, -0.2) is 43.7 Å². The Labute approximate surface area is 111 Å². The number of nitrogens with one attached hydrogen (secondary N) is 2. The number of sulfonamides is 1. The van der Waals surface area contributed by atoms with E-state index >= 15 is 0 Å². The molecule has 0 spiro atoms. The second-order valence-electron chi connectivity index (χ2n) is 4.38. The van der Waals surface area contributed by atoms with E-state index < -0.39 is 16.0 Å². The average molecular weight is 288 g/mol. The third-order valence-electron chi connectivity index (χ3n) is 2.98. The Bertz CT molecular complexity index is 545. The predicted octanol–water partition coefficient (Wildman–Crippen LogP) is 0.560. The highest BCUT2D eigenvalue weighted by atomic mass is 32.2. The first-order valence-corrected chi connectivity index (χ1v) is 7.50. The lowest BCUT2D eigenvalue weighted by Crippen LogP contribution is -2.27. The summed E-state index contributed by atoms with van der Waals surface area (Å²) in [5, 5.41) is 8.72. The fraction of sp³-hybridized carbons (Fsp3) is 0.545. The standard InChI is InChI=1S/C11H16N2O5S/c14-11(15)10-6-9(7-12-10)19(16,17)13-4-3-8-2-1-5-18-8/h6-8,12-13H,1-5H2,(H,14,15). The molecule has 1 saturated heterocycles. The SMILES string of the molecule is O=C(O)c1cc(S(=O)(=O)NCCC2CCCO2)c[nH]1. The van der Waals surface area contributed by atoms with Crippen LogP contribution in [0, 0.1) is 0 Å². The molecule has 0 aliphatic carbocycles. The lowest BCUT2D eigenvalue weighted by Gasteiger charge is -2.09. The third-order valence-corrected chi connectivity index (χ3v) is 4.42. The van der Waals surface area contributed by atoms with Crippen LogP contribution in [0.1, 0.15) is 29.8 Å². The van der Waals surface area contributed by atoms with E-state index in [0.29, 0.717) is 6.42 Å². The number of aromatic nitrogens is 1. The van der Waals surface area contributed by atoms with Crippen molar-refractivity contribution in [1.29, 1.82) is 0 Å². The van der Waals surface area contributed by atoms with E-state index in [1.807, 2.05) is 0 Å². The van der Waals surface area contributed by atoms with Gasteiger partial charge in [-0.1, -0.05) is 0 Å². The molecular weight excluding hydrogens is 272 g/mol. The molecule has 19 heavy (non-hydrogen) atoms. The molecule has 0 saturated carbocycles. The summed E-state index contributed by atoms with van der Waals surface area (Å²) in [5.41, 5.74) is -0.153. The maximum absolute atomic E-state index is 11.9. The summed E-state index contributed by atoms with van der Waals surface area (Å²) in [6, 6.07) is 1.09. The first-order chi connectivity index (χ1) is 8.99. The average Bonchev–Trinajstić information content (AvgIpc) is 2.99. The first kappa shape index (κ1) is 14.0. The molecule has 3 N–H and O–H groups in total. The van der Waals surface area contributed by atoms with E-state index in [4.69, 9.17) is 9.84 Å². The Morgan fingerprint density at radius 1 is 1.58 bits per heavy atom. The van der Waals surface area contributed by atoms with Gasteiger partial charge in [0, 0.05) is 19.3 Å². The van der Waals surface area contributed by atoms with Gasteiger partial charge in [0.25, 0.3) is 0 Å². The lowest BCUT2D eigenvalue weighted by molar-refractivity contribution is 0.0691. The molecule has 1 fully saturated rings. The molecule has 1 aliphatic rings. The van der Waals surface area contributed by atoms with Crippen LogP contribution in [0.4, 0.5) is 0 Å². The van der Waals surface area contributed by atoms with Crippen LogP contribution in [0.25, 0.3) is 0 Å². The van der Waals surface area contributed by atoms with E-state index in [2.05, 4.69) is 9.71 Å². The van der Waals surface area contributed by atoms with Gasteiger partial charge in [-0.25, -0.2) is 17.9 Å². The number of carboxylic acid groups (broad SMARTS) is 1. The van der Waals surface area contributed by atoms with E-state index in [1.165, 1.54) is 0 Å². The van der Waals surface area contributed by atoms with Crippen molar-refractivity contribution in [3.05, 3.63) is 18.0 Å². The van der Waals surface area contributed by atoms with Gasteiger partial charge in [-0.3, -0.25) is 0 Å². The number of aromatic carboxylic acids is 1. The van der Waals surface area contributed by atoms with Crippen LogP contribution >= 0.6 is 0 Å². The minimum absolute atomic E-state index is 0.0720. The van der Waals surface area contributed by atoms with Gasteiger partial charge in [-0.15, -0.1) is 0 Å². The second kappa shape index (κ2) is 5.72. The zero-order valence-electron chi connectivity index (χ0n) is 10.3. The Morgan fingerprint density at radius 3 is 2.95 bits per heavy atom. The molecule has 2 heterocycles. The molecule has 7 nitrogen and oxygen atoms in total. The van der Waals surface area contributed by atoms with Crippen LogP contribution in [-0.2, 0) is 14.8 Å². The molecule has 1 aromatic rings. The van der Waals surface area contributed by atoms with Crippen LogP contribution < -0.4 is 4.72 Å². The van der Waals surface area contributed by atoms with Crippen LogP contribution in [0.3, 0.4) is 0 Å². The maximum Gasteiger partial charge on any atom is 0.352 e. The van der Waals surface area contributed by atoms with Crippen molar-refractivity contribution >= 4 is 16.0 Å². The van der Waals surface area contributed by atoms with Crippen molar-refractivity contribution in [2.24, 2.45) is 0 Å². The highest BCUT2D eigenvalue weighted by Gasteiger charge is 2.20. The monoisotopic (exact) mass is 288 g/mol. The summed E-state index contributed by atoms with van der Waals surface area (Å²) >= 11 is 0. The number of rotatable bonds is 6. The lowest BCUT2D eigenvalue weighted by atomic mass is 10.2. The maximum atomic E-state index is 11.9. The number of carboxylic acids is 1. The highest BCUT2D eigenvalue weighted by molar-refractivity contribution is 7.89. The Hall–Kier alpha value is -1.38. The molecule has 1 unspecified atom stereocenters. The second-order valence-corrected chi connectivity index (χ2v) is 6.14. The normalized spacial score (nSPS) is 19.7. The van der Waals surface area contributed by atoms with Crippen molar-refractivity contribution in [1.82, 2.24) is 9.71 Å². The van der Waals surface area contributed by atoms with Gasteiger partial charge < -0.3 is 14.8 Å². The number of carbonyl (C=O) groups is 1. The van der Waals surface area contributed by atoms with Gasteiger partial charge in [0.15, 0.2) is 0 Å². The summed E-state index contributed by atoms with van der Waals surface area (Å²) in [5.74, 6) is -1.19. The van der Waals surface area contributed by atoms with E-state index in [-0.39, 0.29) is 23.2 Å². The molecule has 1 aliphatic heterocycles. The highest BCUT2D eigenvalue weighted by Crippen LogP contribution is 2.15. The molecule has 0 radical (unpaired) electrons. The molecule has 0 bridgehead atoms. The third kappa shape index (κ3) is 3.55. The quantitative estimate of drug-likeness (QED) is 0.708. The predicted molar refractivity (Wildman–Crippen MR) is 66.5 cm³/mol. The van der Waals surface area contributed by atoms with Crippen LogP contribution in [0.5, 0.6) is 0 Å². The van der Waals surface area contributed by atoms with E-state index in [9.17, 15) is 13.2 Å². The molecular formula is C11H16N2O5S. The topological polar surface area (TPSA) is 108 Å². The van der Waals surface area contributed by atoms with Crippen molar-refractivity contribution in [3.8, 4) is 0 Å².